The van der Waals surface area contributed by atoms with Gasteiger partial charge in [-0.1, -0.05) is 38.5 Å². The van der Waals surface area contributed by atoms with E-state index in [1.165, 1.54) is 11.5 Å². The Labute approximate surface area is 155 Å². The van der Waals surface area contributed by atoms with Gasteiger partial charge in [0.2, 0.25) is 0 Å². The van der Waals surface area contributed by atoms with E-state index in [-0.39, 0.29) is 6.17 Å². The van der Waals surface area contributed by atoms with Gasteiger partial charge in [0.15, 0.2) is 6.17 Å². The Morgan fingerprint density at radius 3 is 2.32 bits per heavy atom. The molecular weight excluding hydrogens is 308 g/mol. The molecular formula is C21H40N4+2. The molecule has 5 N–H and O–H groups in total. The van der Waals surface area contributed by atoms with E-state index in [4.69, 9.17) is 5.41 Å². The molecule has 3 atom stereocenters. The van der Waals surface area contributed by atoms with Crippen LogP contribution in [0.2, 0.25) is 0 Å². The fraction of sp³-hybridized carbons (Fsp3) is 0.619. The highest BCUT2D eigenvalue weighted by Crippen LogP contribution is 2.24. The molecule has 0 aliphatic heterocycles. The maximum atomic E-state index is 7.92. The summed E-state index contributed by atoms with van der Waals surface area (Å²) in [6.07, 6.45) is 6.51. The van der Waals surface area contributed by atoms with Crippen molar-refractivity contribution in [1.82, 2.24) is 10.6 Å². The van der Waals surface area contributed by atoms with E-state index in [1.54, 1.807) is 0 Å². The first-order chi connectivity index (χ1) is 11.7. The maximum absolute atomic E-state index is 7.92. The highest BCUT2D eigenvalue weighted by Gasteiger charge is 2.19. The molecule has 0 spiro atoms. The van der Waals surface area contributed by atoms with Crippen LogP contribution >= 0.6 is 0 Å². The number of allylic oxidation sites excluding steroid dienone is 4. The summed E-state index contributed by atoms with van der Waals surface area (Å²) >= 11 is 0. The lowest BCUT2D eigenvalue weighted by molar-refractivity contribution is -0.651. The predicted molar refractivity (Wildman–Crippen MR) is 110 cm³/mol. The smallest absolute Gasteiger partial charge is 0.197 e. The Kier molecular flexibility index (Phi) is 11.0. The zero-order valence-electron chi connectivity index (χ0n) is 17.6. The molecule has 0 aromatic carbocycles. The molecule has 0 heterocycles. The Morgan fingerprint density at radius 1 is 1.32 bits per heavy atom. The molecule has 0 radical (unpaired) electrons. The minimum absolute atomic E-state index is 0.0176. The van der Waals surface area contributed by atoms with E-state index in [1.807, 2.05) is 26.3 Å². The van der Waals surface area contributed by atoms with E-state index < -0.39 is 0 Å². The third kappa shape index (κ3) is 8.82. The zero-order valence-corrected chi connectivity index (χ0v) is 17.6. The summed E-state index contributed by atoms with van der Waals surface area (Å²) in [4.78, 5) is 0. The van der Waals surface area contributed by atoms with E-state index in [0.717, 1.165) is 24.2 Å². The molecule has 0 aromatic rings. The molecule has 25 heavy (non-hydrogen) atoms. The monoisotopic (exact) mass is 348 g/mol. The second-order valence-electron chi connectivity index (χ2n) is 7.29. The van der Waals surface area contributed by atoms with Gasteiger partial charge in [-0.25, -0.2) is 0 Å². The molecule has 0 aromatic heterocycles. The van der Waals surface area contributed by atoms with Crippen LogP contribution in [0.3, 0.4) is 0 Å². The highest BCUT2D eigenvalue weighted by atomic mass is 15.1. The molecule has 0 bridgehead atoms. The highest BCUT2D eigenvalue weighted by molar-refractivity contribution is 5.82. The molecule has 0 amide bonds. The zero-order chi connectivity index (χ0) is 19.6. The Morgan fingerprint density at radius 2 is 1.92 bits per heavy atom. The number of nitrogens with one attached hydrogen (secondary N) is 3. The van der Waals surface area contributed by atoms with E-state index >= 15 is 0 Å². The van der Waals surface area contributed by atoms with Crippen LogP contribution in [-0.2, 0) is 0 Å². The molecule has 0 saturated carbocycles. The van der Waals surface area contributed by atoms with Gasteiger partial charge < -0.3 is 21.4 Å². The van der Waals surface area contributed by atoms with Crippen molar-refractivity contribution in [3.05, 3.63) is 41.6 Å². The summed E-state index contributed by atoms with van der Waals surface area (Å²) in [6.45, 7) is 16.9. The van der Waals surface area contributed by atoms with Gasteiger partial charge in [0.05, 0.1) is 38.2 Å². The van der Waals surface area contributed by atoms with E-state index in [2.05, 4.69) is 64.0 Å². The second-order valence-corrected chi connectivity index (χ2v) is 7.29. The van der Waals surface area contributed by atoms with Crippen LogP contribution in [0.4, 0.5) is 0 Å². The number of hydrogen-bond acceptors (Lipinski definition) is 3. The standard InChI is InChI=1S/C21H39N4/c1-10-16(5)20(18(7)23-8)13-15(4)12-19(11-14(2)3)25-21(24-9)17(6)22/h12-13,16,20-25H,7,10-11H2,1-6,8-9H3/q+1/p+1/b15-13?,19-12+,22-17?. The van der Waals surface area contributed by atoms with Crippen molar-refractivity contribution in [1.29, 1.82) is 5.41 Å². The van der Waals surface area contributed by atoms with Gasteiger partial charge in [-0.3, -0.25) is 0 Å². The van der Waals surface area contributed by atoms with Crippen molar-refractivity contribution in [3.8, 4) is 0 Å². The van der Waals surface area contributed by atoms with E-state index in [0.29, 0.717) is 17.5 Å². The predicted octanol–water partition coefficient (Wildman–Crippen LogP) is 3.36. The Hall–Kier alpha value is -1.68. The quantitative estimate of drug-likeness (QED) is 0.189. The topological polar surface area (TPSA) is 64.5 Å². The molecule has 0 fully saturated rings. The minimum atomic E-state index is -0.0176. The lowest BCUT2D eigenvalue weighted by atomic mass is 9.87. The third-order valence-electron chi connectivity index (χ3n) is 4.51. The van der Waals surface area contributed by atoms with Gasteiger partial charge in [-0.05, 0) is 25.8 Å². The summed E-state index contributed by atoms with van der Waals surface area (Å²) in [5.74, 6) is 2.21. The molecule has 0 saturated heterocycles. The third-order valence-corrected chi connectivity index (χ3v) is 4.51. The number of quaternary nitrogens is 1. The van der Waals surface area contributed by atoms with Gasteiger partial charge in [0.25, 0.3) is 0 Å². The molecule has 4 nitrogen and oxygen atoms in total. The molecule has 142 valence electrons. The molecule has 0 rings (SSSR count). The van der Waals surface area contributed by atoms with Crippen LogP contribution in [0.1, 0.15) is 54.4 Å². The lowest BCUT2D eigenvalue weighted by Gasteiger charge is -2.23. The Balaban J connectivity index is 5.55. The average Bonchev–Trinajstić information content (AvgIpc) is 2.54. The molecule has 3 unspecified atom stereocenters. The molecule has 4 heteroatoms. The number of nitrogens with two attached hydrogens (primary N) is 1. The van der Waals surface area contributed by atoms with Gasteiger partial charge in [-0.15, -0.1) is 0 Å². The summed E-state index contributed by atoms with van der Waals surface area (Å²) in [6, 6.07) is 0. The largest absolute Gasteiger partial charge is 0.391 e. The van der Waals surface area contributed by atoms with Crippen LogP contribution in [0.5, 0.6) is 0 Å². The fourth-order valence-corrected chi connectivity index (χ4v) is 2.80. The summed E-state index contributed by atoms with van der Waals surface area (Å²) in [5.41, 5.74) is 4.07. The van der Waals surface area contributed by atoms with Crippen LogP contribution in [0.15, 0.2) is 35.7 Å². The first-order valence-electron chi connectivity index (χ1n) is 9.31. The van der Waals surface area contributed by atoms with Gasteiger partial charge in [0.1, 0.15) is 6.42 Å². The van der Waals surface area contributed by atoms with Crippen LogP contribution in [0.25, 0.3) is 0 Å². The van der Waals surface area contributed by atoms with Crippen LogP contribution in [-0.4, -0.2) is 26.0 Å². The van der Waals surface area contributed by atoms with Gasteiger partial charge in [0, 0.05) is 18.7 Å². The van der Waals surface area contributed by atoms with Gasteiger partial charge >= 0.3 is 0 Å². The second kappa shape index (κ2) is 11.8. The van der Waals surface area contributed by atoms with Crippen LogP contribution in [0, 0.1) is 23.2 Å². The Bertz CT molecular complexity index is 488. The van der Waals surface area contributed by atoms with Gasteiger partial charge in [-0.2, -0.15) is 0 Å². The SMILES string of the molecule is C=C(NC)C(C=C(C)/C=C(\C[C+](C)C)NC([NH2+]C)C(C)=N)C(C)CC. The van der Waals surface area contributed by atoms with Crippen molar-refractivity contribution in [2.45, 2.75) is 60.5 Å². The molecule has 0 aliphatic rings. The number of hydrogen-bond donors (Lipinski definition) is 4. The summed E-state index contributed by atoms with van der Waals surface area (Å²) in [5, 5.41) is 16.7. The first kappa shape index (κ1) is 23.3. The average molecular weight is 349 g/mol. The van der Waals surface area contributed by atoms with Crippen molar-refractivity contribution in [3.63, 3.8) is 0 Å². The normalized spacial score (nSPS) is 16.0. The minimum Gasteiger partial charge on any atom is -0.391 e. The fourth-order valence-electron chi connectivity index (χ4n) is 2.80. The number of rotatable bonds is 12. The molecule has 0 aliphatic carbocycles. The van der Waals surface area contributed by atoms with Crippen molar-refractivity contribution in [2.24, 2.45) is 11.8 Å². The summed E-state index contributed by atoms with van der Waals surface area (Å²) in [7, 11) is 3.93. The van der Waals surface area contributed by atoms with Crippen molar-refractivity contribution < 1.29 is 5.32 Å². The summed E-state index contributed by atoms with van der Waals surface area (Å²) < 4.78 is 0. The van der Waals surface area contributed by atoms with Crippen molar-refractivity contribution >= 4 is 5.71 Å². The van der Waals surface area contributed by atoms with Crippen LogP contribution < -0.4 is 16.0 Å². The lowest BCUT2D eigenvalue weighted by Crippen LogP contribution is -2.91. The first-order valence-corrected chi connectivity index (χ1v) is 9.31. The maximum Gasteiger partial charge on any atom is 0.197 e. The van der Waals surface area contributed by atoms with E-state index in [9.17, 15) is 0 Å². The van der Waals surface area contributed by atoms with Crippen molar-refractivity contribution in [2.75, 3.05) is 14.1 Å².